The first-order valence-corrected chi connectivity index (χ1v) is 11.9. The normalized spacial score (nSPS) is 46.5. The number of aryl methyl sites for hydroxylation is 1. The van der Waals surface area contributed by atoms with Gasteiger partial charge in [-0.2, -0.15) is 0 Å². The molecule has 0 spiro atoms. The van der Waals surface area contributed by atoms with Gasteiger partial charge in [0.1, 0.15) is 24.1 Å². The van der Waals surface area contributed by atoms with E-state index in [1.807, 2.05) is 6.07 Å². The van der Waals surface area contributed by atoms with Crippen molar-refractivity contribution >= 4 is 0 Å². The van der Waals surface area contributed by atoms with Crippen LogP contribution in [0.2, 0.25) is 0 Å². The van der Waals surface area contributed by atoms with Crippen molar-refractivity contribution in [3.63, 3.8) is 0 Å². The smallest absolute Gasteiger partial charge is 0.229 e. The summed E-state index contributed by atoms with van der Waals surface area (Å²) in [6.07, 6.45) is 4.30. The number of benzene rings is 1. The van der Waals surface area contributed by atoms with Crippen LogP contribution in [0.3, 0.4) is 0 Å². The van der Waals surface area contributed by atoms with E-state index in [-0.39, 0.29) is 0 Å². The first-order chi connectivity index (χ1) is 14.8. The molecule has 5 nitrogen and oxygen atoms in total. The van der Waals surface area contributed by atoms with Gasteiger partial charge >= 0.3 is 0 Å². The minimum absolute atomic E-state index is 0.417. The molecule has 1 heterocycles. The van der Waals surface area contributed by atoms with Gasteiger partial charge in [0.2, 0.25) is 6.29 Å². The molecule has 4 aliphatic rings. The van der Waals surface area contributed by atoms with E-state index in [0.717, 1.165) is 18.3 Å². The summed E-state index contributed by atoms with van der Waals surface area (Å²) in [5.41, 5.74) is 3.21. The molecule has 170 valence electrons. The number of fused-ring (bicyclic) bond motifs is 5. The fourth-order valence-corrected chi connectivity index (χ4v) is 7.30. The monoisotopic (exact) mass is 428 g/mol. The molecule has 31 heavy (non-hydrogen) atoms. The third-order valence-corrected chi connectivity index (χ3v) is 9.12. The van der Waals surface area contributed by atoms with Gasteiger partial charge in [0, 0.05) is 0 Å². The summed E-state index contributed by atoms with van der Waals surface area (Å²) in [5.74, 6) is 3.47. The molecule has 3 N–H and O–H groups in total. The Bertz CT molecular complexity index is 839. The fraction of sp³-hybridized carbons (Fsp3) is 0.692. The van der Waals surface area contributed by atoms with E-state index in [1.54, 1.807) is 6.92 Å². The van der Waals surface area contributed by atoms with Crippen molar-refractivity contribution in [1.82, 2.24) is 0 Å². The Balaban J connectivity index is 1.34. The van der Waals surface area contributed by atoms with Gasteiger partial charge < -0.3 is 24.8 Å². The molecule has 1 aromatic rings. The third-order valence-electron chi connectivity index (χ3n) is 9.12. The van der Waals surface area contributed by atoms with Crippen LogP contribution in [0.25, 0.3) is 0 Å². The van der Waals surface area contributed by atoms with Crippen LogP contribution < -0.4 is 4.74 Å². The zero-order valence-corrected chi connectivity index (χ0v) is 18.6. The van der Waals surface area contributed by atoms with Gasteiger partial charge in [0.05, 0.1) is 6.10 Å². The van der Waals surface area contributed by atoms with Crippen molar-refractivity contribution in [2.45, 2.75) is 89.0 Å². The van der Waals surface area contributed by atoms with Gasteiger partial charge in [-0.3, -0.25) is 0 Å². The maximum atomic E-state index is 10.3. The van der Waals surface area contributed by atoms with Crippen LogP contribution in [0.1, 0.15) is 63.0 Å². The molecular formula is C26H36O5. The molecule has 3 fully saturated rings. The average molecular weight is 429 g/mol. The van der Waals surface area contributed by atoms with Crippen LogP contribution in [0.5, 0.6) is 5.75 Å². The van der Waals surface area contributed by atoms with E-state index < -0.39 is 30.7 Å². The first kappa shape index (κ1) is 21.4. The standard InChI is InChI=1S/C26H36O5/c1-4-16-6-10-21-20-8-5-15-13-17(7-9-18(15)19(20)11-12-26(16,21)3)31-25-24(29)23(28)22(27)14(2)30-25/h4,7,9,13-14,16,19-25,27-29H,1,5-6,8,10-12H2,2-3H3/t14-,16+,19-,20-,21+,22+,23+,24-,25-,26-/m1/s1. The van der Waals surface area contributed by atoms with Crippen molar-refractivity contribution in [1.29, 1.82) is 0 Å². The zero-order chi connectivity index (χ0) is 21.9. The van der Waals surface area contributed by atoms with E-state index in [0.29, 0.717) is 23.0 Å². The second-order valence-electron chi connectivity index (χ2n) is 10.5. The van der Waals surface area contributed by atoms with Gasteiger partial charge in [0.25, 0.3) is 0 Å². The van der Waals surface area contributed by atoms with Crippen molar-refractivity contribution in [3.05, 3.63) is 42.0 Å². The van der Waals surface area contributed by atoms with Crippen LogP contribution in [-0.2, 0) is 11.2 Å². The molecule has 1 aliphatic heterocycles. The molecule has 2 saturated carbocycles. The maximum Gasteiger partial charge on any atom is 0.229 e. The number of ether oxygens (including phenoxy) is 2. The largest absolute Gasteiger partial charge is 0.462 e. The molecule has 0 radical (unpaired) electrons. The summed E-state index contributed by atoms with van der Waals surface area (Å²) in [4.78, 5) is 0. The summed E-state index contributed by atoms with van der Waals surface area (Å²) < 4.78 is 11.5. The highest BCUT2D eigenvalue weighted by Crippen LogP contribution is 2.63. The lowest BCUT2D eigenvalue weighted by Crippen LogP contribution is -2.58. The molecule has 0 bridgehead atoms. The third kappa shape index (κ3) is 3.36. The molecule has 0 aromatic heterocycles. The number of rotatable bonds is 3. The summed E-state index contributed by atoms with van der Waals surface area (Å²) in [7, 11) is 0. The van der Waals surface area contributed by atoms with E-state index in [1.165, 1.54) is 43.2 Å². The minimum atomic E-state index is -1.29. The molecule has 0 unspecified atom stereocenters. The lowest BCUT2D eigenvalue weighted by Gasteiger charge is -2.50. The highest BCUT2D eigenvalue weighted by Gasteiger charge is 2.53. The van der Waals surface area contributed by atoms with E-state index in [9.17, 15) is 15.3 Å². The number of allylic oxidation sites excluding steroid dienone is 1. The summed E-state index contributed by atoms with van der Waals surface area (Å²) in [6.45, 7) is 8.29. The van der Waals surface area contributed by atoms with Gasteiger partial charge in [-0.1, -0.05) is 19.1 Å². The zero-order valence-electron chi connectivity index (χ0n) is 18.6. The predicted octanol–water partition coefficient (Wildman–Crippen LogP) is 3.55. The highest BCUT2D eigenvalue weighted by atomic mass is 16.7. The maximum absolute atomic E-state index is 10.3. The van der Waals surface area contributed by atoms with E-state index >= 15 is 0 Å². The number of hydrogen-bond acceptors (Lipinski definition) is 5. The Kier molecular flexibility index (Phi) is 5.45. The first-order valence-electron chi connectivity index (χ1n) is 11.9. The lowest BCUT2D eigenvalue weighted by atomic mass is 9.54. The van der Waals surface area contributed by atoms with Gasteiger partial charge in [-0.25, -0.2) is 0 Å². The summed E-state index contributed by atoms with van der Waals surface area (Å²) >= 11 is 0. The Hall–Kier alpha value is -1.40. The second kappa shape index (κ2) is 7.87. The average Bonchev–Trinajstić information content (AvgIpc) is 3.12. The Morgan fingerprint density at radius 3 is 2.68 bits per heavy atom. The Morgan fingerprint density at radius 2 is 1.90 bits per heavy atom. The molecule has 10 atom stereocenters. The molecular weight excluding hydrogens is 392 g/mol. The van der Waals surface area contributed by atoms with E-state index in [2.05, 4.69) is 31.7 Å². The van der Waals surface area contributed by atoms with Crippen LogP contribution >= 0.6 is 0 Å². The SMILES string of the molecule is C=C[C@H]1CC[C@H]2[C@@H]3CCc4cc(O[C@H]5O[C@H](C)[C@H](O)[C@H](O)[C@H]5O)ccc4[C@H]3CC[C@]12C. The van der Waals surface area contributed by atoms with Crippen molar-refractivity contribution in [2.24, 2.45) is 23.2 Å². The van der Waals surface area contributed by atoms with Gasteiger partial charge in [-0.05, 0) is 97.8 Å². The van der Waals surface area contributed by atoms with Crippen LogP contribution in [0, 0.1) is 23.2 Å². The number of aliphatic hydroxyl groups is 3. The molecule has 3 aliphatic carbocycles. The Morgan fingerprint density at radius 1 is 1.10 bits per heavy atom. The fourth-order valence-electron chi connectivity index (χ4n) is 7.30. The summed E-state index contributed by atoms with van der Waals surface area (Å²) in [6, 6.07) is 6.25. The number of hydrogen-bond donors (Lipinski definition) is 3. The quantitative estimate of drug-likeness (QED) is 0.642. The highest BCUT2D eigenvalue weighted by molar-refractivity contribution is 5.41. The Labute approximate surface area is 185 Å². The second-order valence-corrected chi connectivity index (χ2v) is 10.5. The molecule has 1 aromatic carbocycles. The van der Waals surface area contributed by atoms with Gasteiger partial charge in [-0.15, -0.1) is 6.58 Å². The van der Waals surface area contributed by atoms with Crippen LogP contribution in [-0.4, -0.2) is 46.0 Å². The minimum Gasteiger partial charge on any atom is -0.462 e. The molecule has 5 rings (SSSR count). The number of aliphatic hydroxyl groups excluding tert-OH is 3. The van der Waals surface area contributed by atoms with Crippen molar-refractivity contribution < 1.29 is 24.8 Å². The van der Waals surface area contributed by atoms with E-state index in [4.69, 9.17) is 9.47 Å². The lowest BCUT2D eigenvalue weighted by molar-refractivity contribution is -0.268. The van der Waals surface area contributed by atoms with Crippen LogP contribution in [0.15, 0.2) is 30.9 Å². The molecule has 0 amide bonds. The predicted molar refractivity (Wildman–Crippen MR) is 118 cm³/mol. The van der Waals surface area contributed by atoms with Crippen molar-refractivity contribution in [2.75, 3.05) is 0 Å². The van der Waals surface area contributed by atoms with Crippen LogP contribution in [0.4, 0.5) is 0 Å². The molecule has 1 saturated heterocycles. The van der Waals surface area contributed by atoms with Gasteiger partial charge in [0.15, 0.2) is 0 Å². The van der Waals surface area contributed by atoms with Crippen molar-refractivity contribution in [3.8, 4) is 5.75 Å². The summed E-state index contributed by atoms with van der Waals surface area (Å²) in [5, 5.41) is 30.2. The molecule has 5 heteroatoms. The topological polar surface area (TPSA) is 79.2 Å².